The van der Waals surface area contributed by atoms with Crippen molar-refractivity contribution in [2.45, 2.75) is 26.3 Å². The van der Waals surface area contributed by atoms with Gasteiger partial charge >= 0.3 is 0 Å². The van der Waals surface area contributed by atoms with Crippen molar-refractivity contribution in [1.29, 1.82) is 0 Å². The van der Waals surface area contributed by atoms with Crippen LogP contribution in [0.15, 0.2) is 0 Å². The summed E-state index contributed by atoms with van der Waals surface area (Å²) < 4.78 is 0. The number of carbonyl (C=O) groups excluding carboxylic acids is 3. The SMILES string of the molecule is CCNC(=O)CN1C(=O)CNC(C)(C)C1=O. The zero-order valence-electron chi connectivity index (χ0n) is 9.79. The summed E-state index contributed by atoms with van der Waals surface area (Å²) in [6.45, 7) is 5.52. The maximum atomic E-state index is 11.9. The predicted octanol–water partition coefficient (Wildman–Crippen LogP) is -1.14. The van der Waals surface area contributed by atoms with Crippen LogP contribution in [0.2, 0.25) is 0 Å². The van der Waals surface area contributed by atoms with Crippen molar-refractivity contribution in [3.63, 3.8) is 0 Å². The van der Waals surface area contributed by atoms with Crippen LogP contribution in [-0.4, -0.2) is 47.8 Å². The lowest BCUT2D eigenvalue weighted by atomic mass is 10.0. The molecule has 1 rings (SSSR count). The van der Waals surface area contributed by atoms with Gasteiger partial charge in [-0.15, -0.1) is 0 Å². The number of rotatable bonds is 3. The average Bonchev–Trinajstić information content (AvgIpc) is 2.20. The molecule has 0 aliphatic carbocycles. The van der Waals surface area contributed by atoms with Gasteiger partial charge in [0.1, 0.15) is 6.54 Å². The van der Waals surface area contributed by atoms with E-state index < -0.39 is 5.54 Å². The van der Waals surface area contributed by atoms with Crippen molar-refractivity contribution in [1.82, 2.24) is 15.5 Å². The third-order valence-corrected chi connectivity index (χ3v) is 2.44. The summed E-state index contributed by atoms with van der Waals surface area (Å²) in [7, 11) is 0. The van der Waals surface area contributed by atoms with Gasteiger partial charge in [0.15, 0.2) is 0 Å². The predicted molar refractivity (Wildman–Crippen MR) is 57.5 cm³/mol. The van der Waals surface area contributed by atoms with Gasteiger partial charge in [0, 0.05) is 6.54 Å². The van der Waals surface area contributed by atoms with Crippen molar-refractivity contribution < 1.29 is 14.4 Å². The van der Waals surface area contributed by atoms with E-state index in [1.807, 2.05) is 0 Å². The van der Waals surface area contributed by atoms with Gasteiger partial charge in [-0.25, -0.2) is 0 Å². The average molecular weight is 227 g/mol. The summed E-state index contributed by atoms with van der Waals surface area (Å²) >= 11 is 0. The number of nitrogens with one attached hydrogen (secondary N) is 2. The molecule has 0 aromatic heterocycles. The Kier molecular flexibility index (Phi) is 3.64. The summed E-state index contributed by atoms with van der Waals surface area (Å²) in [5, 5.41) is 5.38. The van der Waals surface area contributed by atoms with Gasteiger partial charge in [-0.1, -0.05) is 0 Å². The fourth-order valence-electron chi connectivity index (χ4n) is 1.47. The van der Waals surface area contributed by atoms with E-state index in [1.165, 1.54) is 0 Å². The molecular formula is C10H17N3O3. The first kappa shape index (κ1) is 12.6. The second-order valence-electron chi connectivity index (χ2n) is 4.22. The Morgan fingerprint density at radius 3 is 2.69 bits per heavy atom. The topological polar surface area (TPSA) is 78.5 Å². The molecule has 0 aromatic carbocycles. The van der Waals surface area contributed by atoms with E-state index in [0.29, 0.717) is 6.54 Å². The normalized spacial score (nSPS) is 19.8. The molecule has 0 aromatic rings. The van der Waals surface area contributed by atoms with Gasteiger partial charge in [-0.05, 0) is 20.8 Å². The minimum atomic E-state index is -0.791. The monoisotopic (exact) mass is 227 g/mol. The number of likely N-dealkylation sites (N-methyl/N-ethyl adjacent to an activating group) is 1. The number of amides is 3. The van der Waals surface area contributed by atoms with Crippen LogP contribution in [0.25, 0.3) is 0 Å². The van der Waals surface area contributed by atoms with Gasteiger partial charge in [-0.2, -0.15) is 0 Å². The molecule has 1 aliphatic heterocycles. The molecule has 0 spiro atoms. The highest BCUT2D eigenvalue weighted by Gasteiger charge is 2.40. The number of carbonyl (C=O) groups is 3. The molecule has 6 heteroatoms. The van der Waals surface area contributed by atoms with E-state index in [0.717, 1.165) is 4.90 Å². The highest BCUT2D eigenvalue weighted by atomic mass is 16.2. The molecule has 16 heavy (non-hydrogen) atoms. The lowest BCUT2D eigenvalue weighted by molar-refractivity contribution is -0.154. The third kappa shape index (κ3) is 2.57. The Bertz CT molecular complexity index is 325. The zero-order chi connectivity index (χ0) is 12.3. The van der Waals surface area contributed by atoms with Gasteiger partial charge in [0.25, 0.3) is 0 Å². The molecule has 0 unspecified atom stereocenters. The van der Waals surface area contributed by atoms with E-state index in [1.54, 1.807) is 20.8 Å². The smallest absolute Gasteiger partial charge is 0.249 e. The van der Waals surface area contributed by atoms with E-state index in [2.05, 4.69) is 10.6 Å². The van der Waals surface area contributed by atoms with Crippen molar-refractivity contribution in [2.24, 2.45) is 0 Å². The van der Waals surface area contributed by atoms with Crippen molar-refractivity contribution >= 4 is 17.7 Å². The Morgan fingerprint density at radius 2 is 2.12 bits per heavy atom. The van der Waals surface area contributed by atoms with Gasteiger partial charge in [-0.3, -0.25) is 24.6 Å². The van der Waals surface area contributed by atoms with Gasteiger partial charge in [0.05, 0.1) is 12.1 Å². The second-order valence-corrected chi connectivity index (χ2v) is 4.22. The third-order valence-electron chi connectivity index (χ3n) is 2.44. The maximum Gasteiger partial charge on any atom is 0.249 e. The number of hydrogen-bond donors (Lipinski definition) is 2. The summed E-state index contributed by atoms with van der Waals surface area (Å²) in [6.07, 6.45) is 0. The molecular weight excluding hydrogens is 210 g/mol. The molecule has 0 atom stereocenters. The van der Waals surface area contributed by atoms with E-state index >= 15 is 0 Å². The van der Waals surface area contributed by atoms with Crippen molar-refractivity contribution in [2.75, 3.05) is 19.6 Å². The minimum absolute atomic E-state index is 0.0815. The van der Waals surface area contributed by atoms with E-state index in [-0.39, 0.29) is 30.8 Å². The highest BCUT2D eigenvalue weighted by molar-refractivity contribution is 6.05. The van der Waals surface area contributed by atoms with Crippen molar-refractivity contribution in [3.8, 4) is 0 Å². The summed E-state index contributed by atoms with van der Waals surface area (Å²) in [5.74, 6) is -1.05. The number of hydrogen-bond acceptors (Lipinski definition) is 4. The van der Waals surface area contributed by atoms with Crippen LogP contribution >= 0.6 is 0 Å². The zero-order valence-corrected chi connectivity index (χ0v) is 9.79. The fourth-order valence-corrected chi connectivity index (χ4v) is 1.47. The first-order valence-electron chi connectivity index (χ1n) is 5.25. The number of imide groups is 1. The first-order valence-corrected chi connectivity index (χ1v) is 5.25. The Hall–Kier alpha value is -1.43. The van der Waals surface area contributed by atoms with Crippen LogP contribution < -0.4 is 10.6 Å². The second kappa shape index (κ2) is 4.61. The lowest BCUT2D eigenvalue weighted by Gasteiger charge is -2.36. The van der Waals surface area contributed by atoms with Crippen LogP contribution in [0.3, 0.4) is 0 Å². The quantitative estimate of drug-likeness (QED) is 0.597. The summed E-state index contributed by atoms with van der Waals surface area (Å²) in [5.41, 5.74) is -0.791. The Morgan fingerprint density at radius 1 is 1.50 bits per heavy atom. The molecule has 3 amide bonds. The van der Waals surface area contributed by atoms with Crippen LogP contribution in [-0.2, 0) is 14.4 Å². The molecule has 2 N–H and O–H groups in total. The fraction of sp³-hybridized carbons (Fsp3) is 0.700. The maximum absolute atomic E-state index is 11.9. The van der Waals surface area contributed by atoms with Crippen LogP contribution in [0.5, 0.6) is 0 Å². The number of nitrogens with zero attached hydrogens (tertiary/aromatic N) is 1. The molecule has 0 radical (unpaired) electrons. The van der Waals surface area contributed by atoms with E-state index in [9.17, 15) is 14.4 Å². The highest BCUT2D eigenvalue weighted by Crippen LogP contribution is 2.12. The molecule has 1 fully saturated rings. The molecule has 0 bridgehead atoms. The lowest BCUT2D eigenvalue weighted by Crippen LogP contribution is -2.64. The van der Waals surface area contributed by atoms with Crippen LogP contribution in [0.1, 0.15) is 20.8 Å². The molecule has 1 aliphatic rings. The van der Waals surface area contributed by atoms with Crippen LogP contribution in [0.4, 0.5) is 0 Å². The molecule has 1 heterocycles. The standard InChI is InChI=1S/C10H17N3O3/c1-4-11-7(14)6-13-8(15)5-12-10(2,3)9(13)16/h12H,4-6H2,1-3H3,(H,11,14). The van der Waals surface area contributed by atoms with Crippen LogP contribution in [0, 0.1) is 0 Å². The largest absolute Gasteiger partial charge is 0.355 e. The van der Waals surface area contributed by atoms with Gasteiger partial charge < -0.3 is 5.32 Å². The summed E-state index contributed by atoms with van der Waals surface area (Å²) in [4.78, 5) is 35.7. The first-order chi connectivity index (χ1) is 7.38. The van der Waals surface area contributed by atoms with E-state index in [4.69, 9.17) is 0 Å². The minimum Gasteiger partial charge on any atom is -0.355 e. The Balaban J connectivity index is 2.72. The summed E-state index contributed by atoms with van der Waals surface area (Å²) in [6, 6.07) is 0. The molecule has 6 nitrogen and oxygen atoms in total. The molecule has 90 valence electrons. The molecule has 1 saturated heterocycles. The number of piperazine rings is 1. The molecule has 0 saturated carbocycles. The van der Waals surface area contributed by atoms with Crippen molar-refractivity contribution in [3.05, 3.63) is 0 Å². The van der Waals surface area contributed by atoms with Gasteiger partial charge in [0.2, 0.25) is 17.7 Å². The Labute approximate surface area is 94.4 Å².